The van der Waals surface area contributed by atoms with Gasteiger partial charge in [0.2, 0.25) is 15.9 Å². The molecule has 0 spiro atoms. The maximum Gasteiger partial charge on any atom is 0.232 e. The van der Waals surface area contributed by atoms with Crippen molar-refractivity contribution < 1.29 is 27.4 Å². The van der Waals surface area contributed by atoms with E-state index in [-0.39, 0.29) is 24.9 Å². The molecule has 1 atom stereocenters. The Labute approximate surface area is 194 Å². The summed E-state index contributed by atoms with van der Waals surface area (Å²) in [5.41, 5.74) is 1.28. The number of methoxy groups -OCH3 is 3. The molecule has 0 aliphatic rings. The first kappa shape index (κ1) is 25.6. The van der Waals surface area contributed by atoms with Crippen LogP contribution < -0.4 is 23.8 Å². The highest BCUT2D eigenvalue weighted by Gasteiger charge is 2.19. The van der Waals surface area contributed by atoms with Crippen LogP contribution in [0.25, 0.3) is 0 Å². The molecule has 32 heavy (non-hydrogen) atoms. The second-order valence-electron chi connectivity index (χ2n) is 7.16. The maximum atomic E-state index is 12.4. The third kappa shape index (κ3) is 6.67. The number of halogens is 1. The molecule has 0 aromatic heterocycles. The summed E-state index contributed by atoms with van der Waals surface area (Å²) in [4.78, 5) is 12.4. The van der Waals surface area contributed by atoms with Crippen LogP contribution in [0.15, 0.2) is 36.4 Å². The normalized spacial score (nSPS) is 12.1. The second-order valence-corrected chi connectivity index (χ2v) is 9.48. The van der Waals surface area contributed by atoms with Crippen LogP contribution in [0.3, 0.4) is 0 Å². The molecule has 1 N–H and O–H groups in total. The Morgan fingerprint density at radius 2 is 1.66 bits per heavy atom. The van der Waals surface area contributed by atoms with Crippen molar-refractivity contribution in [3.63, 3.8) is 0 Å². The van der Waals surface area contributed by atoms with Gasteiger partial charge in [-0.15, -0.1) is 0 Å². The molecule has 176 valence electrons. The van der Waals surface area contributed by atoms with Crippen molar-refractivity contribution in [3.05, 3.63) is 47.0 Å². The minimum Gasteiger partial charge on any atom is -0.495 e. The van der Waals surface area contributed by atoms with Gasteiger partial charge in [-0.2, -0.15) is 0 Å². The summed E-state index contributed by atoms with van der Waals surface area (Å²) in [6, 6.07) is 9.93. The predicted octanol–water partition coefficient (Wildman–Crippen LogP) is 3.79. The molecular formula is C22H29ClN2O6S. The first-order chi connectivity index (χ1) is 15.1. The predicted molar refractivity (Wildman–Crippen MR) is 126 cm³/mol. The Morgan fingerprint density at radius 3 is 2.22 bits per heavy atom. The Hall–Kier alpha value is -2.65. The molecule has 0 bridgehead atoms. The summed E-state index contributed by atoms with van der Waals surface area (Å²) in [5, 5.41) is 3.23. The molecular weight excluding hydrogens is 456 g/mol. The van der Waals surface area contributed by atoms with Crippen LogP contribution >= 0.6 is 11.6 Å². The van der Waals surface area contributed by atoms with Gasteiger partial charge in [0.25, 0.3) is 0 Å². The Balaban J connectivity index is 1.99. The SMILES string of the molecule is COc1ccc(N(CCCC(=O)N[C@@H](C)c2ccc(OC)c(OC)c2)S(C)(=O)=O)cc1Cl. The summed E-state index contributed by atoms with van der Waals surface area (Å²) >= 11 is 6.14. The first-order valence-electron chi connectivity index (χ1n) is 9.93. The minimum absolute atomic E-state index is 0.139. The number of nitrogens with one attached hydrogen (secondary N) is 1. The lowest BCUT2D eigenvalue weighted by atomic mass is 10.1. The molecule has 2 aromatic carbocycles. The van der Waals surface area contributed by atoms with Gasteiger partial charge in [-0.3, -0.25) is 9.10 Å². The molecule has 0 fully saturated rings. The molecule has 1 amide bonds. The van der Waals surface area contributed by atoms with Gasteiger partial charge in [0.15, 0.2) is 11.5 Å². The molecule has 10 heteroatoms. The van der Waals surface area contributed by atoms with E-state index in [4.69, 9.17) is 25.8 Å². The van der Waals surface area contributed by atoms with Gasteiger partial charge in [0.1, 0.15) is 5.75 Å². The fourth-order valence-electron chi connectivity index (χ4n) is 3.20. The van der Waals surface area contributed by atoms with Crippen molar-refractivity contribution in [2.24, 2.45) is 0 Å². The van der Waals surface area contributed by atoms with Gasteiger partial charge in [0, 0.05) is 13.0 Å². The van der Waals surface area contributed by atoms with E-state index >= 15 is 0 Å². The summed E-state index contributed by atoms with van der Waals surface area (Å²) in [5.74, 6) is 1.45. The van der Waals surface area contributed by atoms with Crippen LogP contribution in [0.1, 0.15) is 31.4 Å². The van der Waals surface area contributed by atoms with Gasteiger partial charge in [0.05, 0.1) is 44.3 Å². The molecule has 0 aliphatic carbocycles. The maximum absolute atomic E-state index is 12.4. The fourth-order valence-corrected chi connectivity index (χ4v) is 4.41. The Kier molecular flexibility index (Phi) is 9.03. The number of nitrogens with zero attached hydrogens (tertiary/aromatic N) is 1. The molecule has 0 unspecified atom stereocenters. The molecule has 0 heterocycles. The van der Waals surface area contributed by atoms with Crippen molar-refractivity contribution in [2.45, 2.75) is 25.8 Å². The standard InChI is InChI=1S/C22H29ClN2O6S/c1-15(16-8-10-20(30-3)21(13-16)31-4)24-22(26)7-6-12-25(32(5,27)28)17-9-11-19(29-2)18(23)14-17/h8-11,13-15H,6-7,12H2,1-5H3,(H,24,26)/t15-/m0/s1. The lowest BCUT2D eigenvalue weighted by molar-refractivity contribution is -0.121. The molecule has 2 aromatic rings. The lowest BCUT2D eigenvalue weighted by Crippen LogP contribution is -2.32. The van der Waals surface area contributed by atoms with Crippen LogP contribution in [0.5, 0.6) is 17.2 Å². The number of benzene rings is 2. The van der Waals surface area contributed by atoms with E-state index in [1.807, 2.05) is 19.1 Å². The summed E-state index contributed by atoms with van der Waals surface area (Å²) in [7, 11) is 1.03. The number of amides is 1. The van der Waals surface area contributed by atoms with E-state index in [0.29, 0.717) is 34.4 Å². The van der Waals surface area contributed by atoms with Gasteiger partial charge >= 0.3 is 0 Å². The number of hydrogen-bond donors (Lipinski definition) is 1. The van der Waals surface area contributed by atoms with Crippen LogP contribution in [-0.4, -0.2) is 48.5 Å². The van der Waals surface area contributed by atoms with Crippen molar-refractivity contribution in [1.82, 2.24) is 5.32 Å². The van der Waals surface area contributed by atoms with Crippen LogP contribution in [0, 0.1) is 0 Å². The van der Waals surface area contributed by atoms with Gasteiger partial charge in [-0.25, -0.2) is 8.42 Å². The molecule has 2 rings (SSSR count). The lowest BCUT2D eigenvalue weighted by Gasteiger charge is -2.23. The number of anilines is 1. The summed E-state index contributed by atoms with van der Waals surface area (Å²) < 4.78 is 41.4. The first-order valence-corrected chi connectivity index (χ1v) is 12.2. The largest absolute Gasteiger partial charge is 0.495 e. The van der Waals surface area contributed by atoms with Crippen LogP contribution in [0.2, 0.25) is 5.02 Å². The highest BCUT2D eigenvalue weighted by molar-refractivity contribution is 7.92. The molecule has 0 saturated carbocycles. The molecule has 0 saturated heterocycles. The van der Waals surface area contributed by atoms with E-state index in [0.717, 1.165) is 11.8 Å². The highest BCUT2D eigenvalue weighted by atomic mass is 35.5. The highest BCUT2D eigenvalue weighted by Crippen LogP contribution is 2.31. The third-order valence-electron chi connectivity index (χ3n) is 4.87. The monoisotopic (exact) mass is 484 g/mol. The van der Waals surface area contributed by atoms with E-state index in [1.165, 1.54) is 17.5 Å². The molecule has 0 radical (unpaired) electrons. The van der Waals surface area contributed by atoms with Gasteiger partial charge in [-0.05, 0) is 49.2 Å². The van der Waals surface area contributed by atoms with Gasteiger partial charge in [-0.1, -0.05) is 17.7 Å². The Morgan fingerprint density at radius 1 is 1.03 bits per heavy atom. The second kappa shape index (κ2) is 11.3. The average molecular weight is 485 g/mol. The third-order valence-corrected chi connectivity index (χ3v) is 6.36. The van der Waals surface area contributed by atoms with E-state index in [2.05, 4.69) is 5.32 Å². The number of rotatable bonds is 11. The van der Waals surface area contributed by atoms with Crippen molar-refractivity contribution in [2.75, 3.05) is 38.4 Å². The zero-order chi connectivity index (χ0) is 23.9. The van der Waals surface area contributed by atoms with Crippen molar-refractivity contribution in [3.8, 4) is 17.2 Å². The smallest absolute Gasteiger partial charge is 0.232 e. The number of carbonyl (C=O) groups is 1. The van der Waals surface area contributed by atoms with E-state index < -0.39 is 10.0 Å². The summed E-state index contributed by atoms with van der Waals surface area (Å²) in [6.07, 6.45) is 1.61. The van der Waals surface area contributed by atoms with Gasteiger partial charge < -0.3 is 19.5 Å². The molecule has 0 aliphatic heterocycles. The summed E-state index contributed by atoms with van der Waals surface area (Å²) in [6.45, 7) is 2.00. The topological polar surface area (TPSA) is 94.2 Å². The number of carbonyl (C=O) groups excluding carboxylic acids is 1. The molecule has 8 nitrogen and oxygen atoms in total. The van der Waals surface area contributed by atoms with Crippen molar-refractivity contribution >= 4 is 33.2 Å². The Bertz CT molecular complexity index is 1040. The quantitative estimate of drug-likeness (QED) is 0.521. The average Bonchev–Trinajstić information content (AvgIpc) is 2.75. The van der Waals surface area contributed by atoms with Crippen molar-refractivity contribution in [1.29, 1.82) is 0 Å². The van der Waals surface area contributed by atoms with E-state index in [1.54, 1.807) is 32.4 Å². The zero-order valence-electron chi connectivity index (χ0n) is 18.8. The van der Waals surface area contributed by atoms with E-state index in [9.17, 15) is 13.2 Å². The number of hydrogen-bond acceptors (Lipinski definition) is 6. The number of ether oxygens (including phenoxy) is 3. The van der Waals surface area contributed by atoms with Crippen LogP contribution in [0.4, 0.5) is 5.69 Å². The minimum atomic E-state index is -3.56. The zero-order valence-corrected chi connectivity index (χ0v) is 20.4. The van der Waals surface area contributed by atoms with Crippen LogP contribution in [-0.2, 0) is 14.8 Å². The number of sulfonamides is 1. The fraction of sp³-hybridized carbons (Fsp3) is 0.409.